The first-order chi connectivity index (χ1) is 16.4. The van der Waals surface area contributed by atoms with Gasteiger partial charge >= 0.3 is 0 Å². The number of aromatic nitrogens is 2. The lowest BCUT2D eigenvalue weighted by molar-refractivity contribution is -0.384. The minimum atomic E-state index is -0.427. The van der Waals surface area contributed by atoms with Gasteiger partial charge in [0.25, 0.3) is 11.6 Å². The summed E-state index contributed by atoms with van der Waals surface area (Å²) >= 11 is 0. The Balaban J connectivity index is 1.40. The van der Waals surface area contributed by atoms with Crippen LogP contribution in [0.2, 0.25) is 0 Å². The molecule has 1 aromatic heterocycles. The molecule has 0 fully saturated rings. The van der Waals surface area contributed by atoms with Crippen molar-refractivity contribution in [1.29, 1.82) is 0 Å². The summed E-state index contributed by atoms with van der Waals surface area (Å²) in [5, 5.41) is 18.3. The van der Waals surface area contributed by atoms with Crippen LogP contribution in [0, 0.1) is 24.0 Å². The summed E-state index contributed by atoms with van der Waals surface area (Å²) in [5.41, 5.74) is 4.57. The second-order valence-corrected chi connectivity index (χ2v) is 7.88. The van der Waals surface area contributed by atoms with E-state index in [0.717, 1.165) is 22.6 Å². The normalized spacial score (nSPS) is 10.6. The highest BCUT2D eigenvalue weighted by molar-refractivity contribution is 6.04. The summed E-state index contributed by atoms with van der Waals surface area (Å²) in [5.74, 6) is 0.567. The molecule has 0 radical (unpaired) electrons. The number of para-hydroxylation sites is 1. The summed E-state index contributed by atoms with van der Waals surface area (Å²) < 4.78 is 7.52. The van der Waals surface area contributed by atoms with Crippen LogP contribution in [-0.4, -0.2) is 20.6 Å². The van der Waals surface area contributed by atoms with Crippen molar-refractivity contribution >= 4 is 17.3 Å². The molecule has 0 aliphatic rings. The summed E-state index contributed by atoms with van der Waals surface area (Å²) in [6, 6.07) is 23.2. The first-order valence-corrected chi connectivity index (χ1v) is 10.8. The number of benzene rings is 3. The van der Waals surface area contributed by atoms with Crippen molar-refractivity contribution in [2.45, 2.75) is 27.0 Å². The molecule has 3 aromatic carbocycles. The first kappa shape index (κ1) is 22.7. The average molecular weight is 457 g/mol. The largest absolute Gasteiger partial charge is 0.489 e. The molecule has 0 aliphatic carbocycles. The molecular weight excluding hydrogens is 432 g/mol. The Morgan fingerprint density at radius 2 is 1.62 bits per heavy atom. The van der Waals surface area contributed by atoms with Gasteiger partial charge in [-0.25, -0.2) is 0 Å². The number of nitrogens with zero attached hydrogens (tertiary/aromatic N) is 3. The number of nitro groups is 1. The number of aryl methyl sites for hydroxylation is 1. The van der Waals surface area contributed by atoms with Crippen molar-refractivity contribution in [1.82, 2.24) is 9.78 Å². The number of carbonyl (C=O) groups excluding carboxylic acids is 1. The minimum Gasteiger partial charge on any atom is -0.489 e. The Bertz CT molecular complexity index is 1300. The monoisotopic (exact) mass is 456 g/mol. The number of rotatable bonds is 8. The number of non-ortho nitro benzene ring substituents is 1. The molecule has 172 valence electrons. The molecule has 0 aliphatic heterocycles. The third kappa shape index (κ3) is 5.29. The number of ether oxygens (including phenoxy) is 1. The van der Waals surface area contributed by atoms with Crippen molar-refractivity contribution in [2.75, 3.05) is 5.32 Å². The highest BCUT2D eigenvalue weighted by Crippen LogP contribution is 2.22. The third-order valence-corrected chi connectivity index (χ3v) is 5.46. The lowest BCUT2D eigenvalue weighted by Gasteiger charge is -2.09. The van der Waals surface area contributed by atoms with Crippen LogP contribution in [0.3, 0.4) is 0 Å². The fourth-order valence-corrected chi connectivity index (χ4v) is 3.55. The van der Waals surface area contributed by atoms with Gasteiger partial charge in [-0.1, -0.05) is 42.5 Å². The second kappa shape index (κ2) is 9.99. The Hall–Kier alpha value is -4.46. The van der Waals surface area contributed by atoms with E-state index in [9.17, 15) is 14.9 Å². The van der Waals surface area contributed by atoms with E-state index in [2.05, 4.69) is 10.4 Å². The Kier molecular flexibility index (Phi) is 6.68. The molecule has 0 saturated carbocycles. The van der Waals surface area contributed by atoms with Crippen LogP contribution in [0.25, 0.3) is 0 Å². The summed E-state index contributed by atoms with van der Waals surface area (Å²) in [7, 11) is 0. The first-order valence-electron chi connectivity index (χ1n) is 10.8. The maximum Gasteiger partial charge on any atom is 0.269 e. The van der Waals surface area contributed by atoms with Crippen LogP contribution in [0.15, 0.2) is 78.9 Å². The van der Waals surface area contributed by atoms with E-state index >= 15 is 0 Å². The van der Waals surface area contributed by atoms with Crippen LogP contribution in [0.1, 0.15) is 32.9 Å². The standard InChI is InChI=1S/C26H24N4O4/c1-18-25(19(2)29(28-18)16-20-10-14-23(15-11-20)30(32)33)27-26(31)22-12-8-21(9-13-22)17-34-24-6-4-3-5-7-24/h3-15H,16-17H2,1-2H3,(H,27,31). The highest BCUT2D eigenvalue weighted by Gasteiger charge is 2.16. The van der Waals surface area contributed by atoms with Crippen LogP contribution in [-0.2, 0) is 13.2 Å². The summed E-state index contributed by atoms with van der Waals surface area (Å²) in [6.45, 7) is 4.57. The Morgan fingerprint density at radius 1 is 0.971 bits per heavy atom. The molecule has 0 saturated heterocycles. The molecule has 4 aromatic rings. The zero-order valence-electron chi connectivity index (χ0n) is 18.9. The quantitative estimate of drug-likeness (QED) is 0.287. The minimum absolute atomic E-state index is 0.0442. The Labute approximate surface area is 197 Å². The van der Waals surface area contributed by atoms with Crippen molar-refractivity contribution in [3.05, 3.63) is 117 Å². The van der Waals surface area contributed by atoms with E-state index in [4.69, 9.17) is 4.74 Å². The maximum absolute atomic E-state index is 12.8. The second-order valence-electron chi connectivity index (χ2n) is 7.88. The van der Waals surface area contributed by atoms with Crippen molar-refractivity contribution < 1.29 is 14.5 Å². The molecule has 0 bridgehead atoms. The molecule has 0 spiro atoms. The van der Waals surface area contributed by atoms with Crippen LogP contribution in [0.4, 0.5) is 11.4 Å². The van der Waals surface area contributed by atoms with E-state index in [1.54, 1.807) is 28.9 Å². The number of nitro benzene ring substituents is 1. The number of amides is 1. The average Bonchev–Trinajstić information content (AvgIpc) is 3.11. The van der Waals surface area contributed by atoms with Gasteiger partial charge in [-0.05, 0) is 49.2 Å². The molecule has 1 heterocycles. The molecule has 34 heavy (non-hydrogen) atoms. The number of hydrogen-bond acceptors (Lipinski definition) is 5. The van der Waals surface area contributed by atoms with Crippen molar-refractivity contribution in [3.63, 3.8) is 0 Å². The highest BCUT2D eigenvalue weighted by atomic mass is 16.6. The van der Waals surface area contributed by atoms with Gasteiger partial charge in [-0.3, -0.25) is 19.6 Å². The molecule has 4 rings (SSSR count). The molecular formula is C26H24N4O4. The zero-order chi connectivity index (χ0) is 24.1. The fourth-order valence-electron chi connectivity index (χ4n) is 3.55. The molecule has 0 unspecified atom stereocenters. The van der Waals surface area contributed by atoms with Gasteiger partial charge in [0.05, 0.1) is 28.5 Å². The van der Waals surface area contributed by atoms with Gasteiger partial charge in [-0.15, -0.1) is 0 Å². The van der Waals surface area contributed by atoms with E-state index in [1.165, 1.54) is 12.1 Å². The van der Waals surface area contributed by atoms with E-state index in [0.29, 0.717) is 30.1 Å². The number of carbonyl (C=O) groups is 1. The van der Waals surface area contributed by atoms with Gasteiger partial charge in [0.15, 0.2) is 0 Å². The van der Waals surface area contributed by atoms with Crippen LogP contribution < -0.4 is 10.1 Å². The molecule has 1 amide bonds. The van der Waals surface area contributed by atoms with Gasteiger partial charge in [0, 0.05) is 17.7 Å². The number of hydrogen-bond donors (Lipinski definition) is 1. The number of anilines is 1. The number of nitrogens with one attached hydrogen (secondary N) is 1. The predicted octanol–water partition coefficient (Wildman–Crippen LogP) is 5.29. The smallest absolute Gasteiger partial charge is 0.269 e. The van der Waals surface area contributed by atoms with Gasteiger partial charge in [0.1, 0.15) is 12.4 Å². The summed E-state index contributed by atoms with van der Waals surface area (Å²) in [4.78, 5) is 23.3. The van der Waals surface area contributed by atoms with Gasteiger partial charge in [-0.2, -0.15) is 5.10 Å². The zero-order valence-corrected chi connectivity index (χ0v) is 18.9. The molecule has 0 atom stereocenters. The third-order valence-electron chi connectivity index (χ3n) is 5.46. The maximum atomic E-state index is 12.8. The molecule has 8 nitrogen and oxygen atoms in total. The lowest BCUT2D eigenvalue weighted by atomic mass is 10.1. The topological polar surface area (TPSA) is 99.3 Å². The predicted molar refractivity (Wildman–Crippen MR) is 129 cm³/mol. The lowest BCUT2D eigenvalue weighted by Crippen LogP contribution is -2.13. The van der Waals surface area contributed by atoms with E-state index in [1.807, 2.05) is 56.3 Å². The van der Waals surface area contributed by atoms with Gasteiger partial charge in [0.2, 0.25) is 0 Å². The fraction of sp³-hybridized carbons (Fsp3) is 0.154. The SMILES string of the molecule is Cc1nn(Cc2ccc([N+](=O)[O-])cc2)c(C)c1NC(=O)c1ccc(COc2ccccc2)cc1. The van der Waals surface area contributed by atoms with E-state index in [-0.39, 0.29) is 11.6 Å². The van der Waals surface area contributed by atoms with Crippen LogP contribution in [0.5, 0.6) is 5.75 Å². The van der Waals surface area contributed by atoms with E-state index < -0.39 is 4.92 Å². The Morgan fingerprint density at radius 3 is 2.26 bits per heavy atom. The molecule has 8 heteroatoms. The van der Waals surface area contributed by atoms with Gasteiger partial charge < -0.3 is 10.1 Å². The van der Waals surface area contributed by atoms with Crippen molar-refractivity contribution in [2.24, 2.45) is 0 Å². The van der Waals surface area contributed by atoms with Crippen molar-refractivity contribution in [3.8, 4) is 5.75 Å². The summed E-state index contributed by atoms with van der Waals surface area (Å²) in [6.07, 6.45) is 0. The molecule has 1 N–H and O–H groups in total. The van der Waals surface area contributed by atoms with Crippen LogP contribution >= 0.6 is 0 Å².